The highest BCUT2D eigenvalue weighted by molar-refractivity contribution is 7.89. The third-order valence-corrected chi connectivity index (χ3v) is 7.05. The van der Waals surface area contributed by atoms with Crippen molar-refractivity contribution in [3.8, 4) is 0 Å². The van der Waals surface area contributed by atoms with Crippen molar-refractivity contribution in [3.05, 3.63) is 59.9 Å². The standard InChI is InChI=1S/C20H23FN2O3S/c1-14-4-3-5-15(2)23(14)27(25,26)19-12-10-18(11-13-19)22-20(24)16-6-8-17(21)9-7-16/h6-15H,3-5H2,1-2H3,(H,22,24). The van der Waals surface area contributed by atoms with Gasteiger partial charge in [-0.2, -0.15) is 4.31 Å². The summed E-state index contributed by atoms with van der Waals surface area (Å²) in [7, 11) is -3.58. The molecule has 2 atom stereocenters. The number of sulfonamides is 1. The number of nitrogens with one attached hydrogen (secondary N) is 1. The number of halogens is 1. The largest absolute Gasteiger partial charge is 0.322 e. The number of carbonyl (C=O) groups excluding carboxylic acids is 1. The summed E-state index contributed by atoms with van der Waals surface area (Å²) in [4.78, 5) is 12.4. The maximum Gasteiger partial charge on any atom is 0.255 e. The molecule has 0 aliphatic carbocycles. The monoisotopic (exact) mass is 390 g/mol. The van der Waals surface area contributed by atoms with Crippen molar-refractivity contribution in [1.82, 2.24) is 4.31 Å². The van der Waals surface area contributed by atoms with Gasteiger partial charge < -0.3 is 5.32 Å². The average Bonchev–Trinajstić information content (AvgIpc) is 2.62. The zero-order chi connectivity index (χ0) is 19.6. The van der Waals surface area contributed by atoms with Crippen LogP contribution in [0.25, 0.3) is 0 Å². The van der Waals surface area contributed by atoms with E-state index < -0.39 is 15.8 Å². The van der Waals surface area contributed by atoms with Crippen molar-refractivity contribution in [2.24, 2.45) is 0 Å². The third kappa shape index (κ3) is 4.20. The lowest BCUT2D eigenvalue weighted by molar-refractivity contribution is 0.102. The van der Waals surface area contributed by atoms with Crippen molar-refractivity contribution >= 4 is 21.6 Å². The van der Waals surface area contributed by atoms with Gasteiger partial charge in [0.15, 0.2) is 0 Å². The molecule has 1 aliphatic rings. The van der Waals surface area contributed by atoms with Gasteiger partial charge in [0, 0.05) is 23.3 Å². The molecular formula is C20H23FN2O3S. The Labute approximate surface area is 159 Å². The second-order valence-electron chi connectivity index (χ2n) is 6.95. The van der Waals surface area contributed by atoms with E-state index in [4.69, 9.17) is 0 Å². The second-order valence-corrected chi connectivity index (χ2v) is 8.79. The Bertz CT molecular complexity index is 901. The van der Waals surface area contributed by atoms with Gasteiger partial charge in [-0.1, -0.05) is 6.42 Å². The normalized spacial score (nSPS) is 21.0. The van der Waals surface area contributed by atoms with Crippen LogP contribution in [0.2, 0.25) is 0 Å². The number of nitrogens with zero attached hydrogens (tertiary/aromatic N) is 1. The molecule has 27 heavy (non-hydrogen) atoms. The fraction of sp³-hybridized carbons (Fsp3) is 0.350. The zero-order valence-corrected chi connectivity index (χ0v) is 16.2. The van der Waals surface area contributed by atoms with E-state index in [1.807, 2.05) is 13.8 Å². The van der Waals surface area contributed by atoms with E-state index in [1.165, 1.54) is 36.4 Å². The summed E-state index contributed by atoms with van der Waals surface area (Å²) in [5.74, 6) is -0.800. The fourth-order valence-electron chi connectivity index (χ4n) is 3.51. The van der Waals surface area contributed by atoms with Gasteiger partial charge in [0.1, 0.15) is 5.82 Å². The van der Waals surface area contributed by atoms with Crippen LogP contribution in [0.4, 0.5) is 10.1 Å². The molecule has 0 aromatic heterocycles. The van der Waals surface area contributed by atoms with E-state index in [1.54, 1.807) is 16.4 Å². The summed E-state index contributed by atoms with van der Waals surface area (Å²) in [5.41, 5.74) is 0.798. The van der Waals surface area contributed by atoms with Gasteiger partial charge in [0.05, 0.1) is 4.90 Å². The minimum absolute atomic E-state index is 0.0309. The molecule has 1 saturated heterocycles. The quantitative estimate of drug-likeness (QED) is 0.857. The molecule has 1 heterocycles. The first kappa shape index (κ1) is 19.5. The first-order valence-corrected chi connectivity index (χ1v) is 10.4. The summed E-state index contributed by atoms with van der Waals surface area (Å²) in [5, 5.41) is 2.68. The molecule has 5 nitrogen and oxygen atoms in total. The van der Waals surface area contributed by atoms with E-state index in [0.717, 1.165) is 19.3 Å². The molecule has 7 heteroatoms. The molecule has 1 N–H and O–H groups in total. The molecule has 2 unspecified atom stereocenters. The van der Waals surface area contributed by atoms with Crippen molar-refractivity contribution in [1.29, 1.82) is 0 Å². The molecule has 0 saturated carbocycles. The Morgan fingerprint density at radius 1 is 1.00 bits per heavy atom. The molecule has 144 valence electrons. The van der Waals surface area contributed by atoms with E-state index in [9.17, 15) is 17.6 Å². The number of carbonyl (C=O) groups is 1. The number of rotatable bonds is 4. The van der Waals surface area contributed by atoms with E-state index in [2.05, 4.69) is 5.32 Å². The number of benzene rings is 2. The van der Waals surface area contributed by atoms with Crippen molar-refractivity contribution in [3.63, 3.8) is 0 Å². The van der Waals surface area contributed by atoms with Crippen LogP contribution in [0.5, 0.6) is 0 Å². The Kier molecular flexibility index (Phi) is 5.62. The fourth-order valence-corrected chi connectivity index (χ4v) is 5.39. The van der Waals surface area contributed by atoms with Crippen LogP contribution in [-0.4, -0.2) is 30.7 Å². The highest BCUT2D eigenvalue weighted by Crippen LogP contribution is 2.30. The molecular weight excluding hydrogens is 367 g/mol. The molecule has 3 rings (SSSR count). The third-order valence-electron chi connectivity index (χ3n) is 4.91. The average molecular weight is 390 g/mol. The number of hydrogen-bond donors (Lipinski definition) is 1. The maximum atomic E-state index is 13.0. The molecule has 0 radical (unpaired) electrons. The van der Waals surface area contributed by atoms with E-state index in [0.29, 0.717) is 11.3 Å². The lowest BCUT2D eigenvalue weighted by atomic mass is 10.0. The van der Waals surface area contributed by atoms with Gasteiger partial charge in [-0.15, -0.1) is 0 Å². The van der Waals surface area contributed by atoms with Crippen molar-refractivity contribution in [2.45, 2.75) is 50.1 Å². The van der Waals surface area contributed by atoms with Crippen LogP contribution in [-0.2, 0) is 10.0 Å². The van der Waals surface area contributed by atoms with Gasteiger partial charge in [-0.3, -0.25) is 4.79 Å². The molecule has 1 fully saturated rings. The van der Waals surface area contributed by atoms with Gasteiger partial charge >= 0.3 is 0 Å². The molecule has 1 amide bonds. The lowest BCUT2D eigenvalue weighted by Crippen LogP contribution is -2.47. The number of piperidine rings is 1. The lowest BCUT2D eigenvalue weighted by Gasteiger charge is -2.37. The van der Waals surface area contributed by atoms with Crippen molar-refractivity contribution in [2.75, 3.05) is 5.32 Å². The summed E-state index contributed by atoms with van der Waals surface area (Å²) in [6, 6.07) is 11.3. The maximum absolute atomic E-state index is 13.0. The molecule has 2 aromatic carbocycles. The molecule has 0 bridgehead atoms. The predicted molar refractivity (Wildman–Crippen MR) is 103 cm³/mol. The van der Waals surface area contributed by atoms with Gasteiger partial charge in [-0.25, -0.2) is 12.8 Å². The van der Waals surface area contributed by atoms with Gasteiger partial charge in [0.2, 0.25) is 10.0 Å². The molecule has 0 spiro atoms. The first-order valence-electron chi connectivity index (χ1n) is 8.99. The first-order chi connectivity index (χ1) is 12.8. The minimum Gasteiger partial charge on any atom is -0.322 e. The topological polar surface area (TPSA) is 66.5 Å². The summed E-state index contributed by atoms with van der Waals surface area (Å²) in [6.07, 6.45) is 2.74. The Morgan fingerprint density at radius 2 is 1.56 bits per heavy atom. The highest BCUT2D eigenvalue weighted by atomic mass is 32.2. The van der Waals surface area contributed by atoms with E-state index >= 15 is 0 Å². The van der Waals surface area contributed by atoms with Gasteiger partial charge in [0.25, 0.3) is 5.91 Å². The van der Waals surface area contributed by atoms with Crippen LogP contribution in [0.15, 0.2) is 53.4 Å². The second kappa shape index (κ2) is 7.78. The van der Waals surface area contributed by atoms with Crippen LogP contribution in [0.3, 0.4) is 0 Å². The smallest absolute Gasteiger partial charge is 0.255 e. The van der Waals surface area contributed by atoms with Crippen LogP contribution < -0.4 is 5.32 Å². The summed E-state index contributed by atoms with van der Waals surface area (Å²) >= 11 is 0. The van der Waals surface area contributed by atoms with Gasteiger partial charge in [-0.05, 0) is 75.2 Å². The van der Waals surface area contributed by atoms with Crippen LogP contribution in [0, 0.1) is 5.82 Å². The number of hydrogen-bond acceptors (Lipinski definition) is 3. The highest BCUT2D eigenvalue weighted by Gasteiger charge is 2.35. The zero-order valence-electron chi connectivity index (χ0n) is 15.4. The number of anilines is 1. The Hall–Kier alpha value is -2.25. The van der Waals surface area contributed by atoms with E-state index in [-0.39, 0.29) is 22.9 Å². The molecule has 2 aromatic rings. The molecule has 1 aliphatic heterocycles. The summed E-state index contributed by atoms with van der Waals surface area (Å²) < 4.78 is 40.5. The minimum atomic E-state index is -3.58. The summed E-state index contributed by atoms with van der Waals surface area (Å²) in [6.45, 7) is 3.87. The Morgan fingerprint density at radius 3 is 2.11 bits per heavy atom. The van der Waals surface area contributed by atoms with Crippen LogP contribution >= 0.6 is 0 Å². The predicted octanol–water partition coefficient (Wildman–Crippen LogP) is 4.03. The van der Waals surface area contributed by atoms with Crippen LogP contribution in [0.1, 0.15) is 43.5 Å². The SMILES string of the molecule is CC1CCCC(C)N1S(=O)(=O)c1ccc(NC(=O)c2ccc(F)cc2)cc1. The number of amides is 1. The van der Waals surface area contributed by atoms with Crippen molar-refractivity contribution < 1.29 is 17.6 Å². The Balaban J connectivity index is 1.76.